The molecular weight excluding hydrogens is 218 g/mol. The highest BCUT2D eigenvalue weighted by molar-refractivity contribution is 5.90. The number of amides is 2. The first-order chi connectivity index (χ1) is 7.94. The van der Waals surface area contributed by atoms with E-state index in [1.54, 1.807) is 18.5 Å². The quantitative estimate of drug-likeness (QED) is 0.745. The molecule has 94 valence electrons. The van der Waals surface area contributed by atoms with E-state index < -0.39 is 5.54 Å². The largest absolute Gasteiger partial charge is 0.396 e. The minimum Gasteiger partial charge on any atom is -0.396 e. The van der Waals surface area contributed by atoms with Crippen molar-refractivity contribution in [2.45, 2.75) is 32.7 Å². The van der Waals surface area contributed by atoms with Gasteiger partial charge in [0.1, 0.15) is 0 Å². The molecule has 0 aliphatic carbocycles. The maximum atomic E-state index is 11.7. The average molecular weight is 237 g/mol. The van der Waals surface area contributed by atoms with E-state index in [9.17, 15) is 4.79 Å². The molecule has 1 aromatic heterocycles. The summed E-state index contributed by atoms with van der Waals surface area (Å²) in [6.07, 6.45) is 3.83. The topological polar surface area (TPSA) is 74.2 Å². The van der Waals surface area contributed by atoms with E-state index in [4.69, 9.17) is 5.11 Å². The number of rotatable bonds is 4. The van der Waals surface area contributed by atoms with Crippen LogP contribution in [0.15, 0.2) is 18.5 Å². The van der Waals surface area contributed by atoms with E-state index in [1.807, 2.05) is 20.8 Å². The molecule has 0 saturated carbocycles. The summed E-state index contributed by atoms with van der Waals surface area (Å²) in [5.74, 6) is 0. The molecule has 0 saturated heterocycles. The summed E-state index contributed by atoms with van der Waals surface area (Å²) in [5.41, 5.74) is 1.21. The molecule has 0 atom stereocenters. The van der Waals surface area contributed by atoms with E-state index in [-0.39, 0.29) is 12.6 Å². The number of aromatic nitrogens is 1. The molecule has 17 heavy (non-hydrogen) atoms. The van der Waals surface area contributed by atoms with Gasteiger partial charge in [-0.2, -0.15) is 0 Å². The molecule has 0 aliphatic rings. The van der Waals surface area contributed by atoms with Gasteiger partial charge in [-0.05, 0) is 38.8 Å². The van der Waals surface area contributed by atoms with Crippen LogP contribution in [0.3, 0.4) is 0 Å². The predicted octanol–water partition coefficient (Wildman–Crippen LogP) is 1.67. The smallest absolute Gasteiger partial charge is 0.319 e. The van der Waals surface area contributed by atoms with Crippen LogP contribution in [0, 0.1) is 6.92 Å². The number of carbonyl (C=O) groups is 1. The van der Waals surface area contributed by atoms with Crippen molar-refractivity contribution in [1.29, 1.82) is 0 Å². The third kappa shape index (κ3) is 4.40. The molecule has 0 aliphatic heterocycles. The zero-order valence-corrected chi connectivity index (χ0v) is 10.4. The SMILES string of the molecule is Cc1cnccc1NC(=O)NC(C)(C)CCO. The minimum absolute atomic E-state index is 0.0432. The lowest BCUT2D eigenvalue weighted by atomic mass is 10.0. The molecule has 0 bridgehead atoms. The molecule has 1 heterocycles. The van der Waals surface area contributed by atoms with Crippen LogP contribution in [0.5, 0.6) is 0 Å². The van der Waals surface area contributed by atoms with E-state index in [1.165, 1.54) is 0 Å². The first-order valence-corrected chi connectivity index (χ1v) is 5.55. The van der Waals surface area contributed by atoms with E-state index in [0.717, 1.165) is 11.3 Å². The second kappa shape index (κ2) is 5.63. The predicted molar refractivity (Wildman–Crippen MR) is 66.9 cm³/mol. The Morgan fingerprint density at radius 1 is 1.53 bits per heavy atom. The van der Waals surface area contributed by atoms with Crippen molar-refractivity contribution in [3.8, 4) is 0 Å². The highest BCUT2D eigenvalue weighted by Gasteiger charge is 2.19. The Morgan fingerprint density at radius 2 is 2.24 bits per heavy atom. The number of aliphatic hydroxyl groups is 1. The van der Waals surface area contributed by atoms with Gasteiger partial charge in [-0.15, -0.1) is 0 Å². The monoisotopic (exact) mass is 237 g/mol. The van der Waals surface area contributed by atoms with Gasteiger partial charge in [0, 0.05) is 30.2 Å². The summed E-state index contributed by atoms with van der Waals surface area (Å²) in [7, 11) is 0. The lowest BCUT2D eigenvalue weighted by Gasteiger charge is -2.25. The standard InChI is InChI=1S/C12H19N3O2/c1-9-8-13-6-4-10(9)14-11(17)15-12(2,3)5-7-16/h4,6,8,16H,5,7H2,1-3H3,(H2,13,14,15,17). The second-order valence-electron chi connectivity index (χ2n) is 4.63. The number of anilines is 1. The Kier molecular flexibility index (Phi) is 4.45. The third-order valence-electron chi connectivity index (χ3n) is 2.46. The highest BCUT2D eigenvalue weighted by atomic mass is 16.3. The Bertz CT molecular complexity index is 391. The summed E-state index contributed by atoms with van der Waals surface area (Å²) < 4.78 is 0. The van der Waals surface area contributed by atoms with Crippen LogP contribution in [0.1, 0.15) is 25.8 Å². The van der Waals surface area contributed by atoms with E-state index >= 15 is 0 Å². The zero-order chi connectivity index (χ0) is 12.9. The molecule has 0 spiro atoms. The Hall–Kier alpha value is -1.62. The molecule has 5 nitrogen and oxygen atoms in total. The van der Waals surface area contributed by atoms with Crippen molar-refractivity contribution in [3.63, 3.8) is 0 Å². The lowest BCUT2D eigenvalue weighted by molar-refractivity contribution is 0.218. The van der Waals surface area contributed by atoms with Gasteiger partial charge in [-0.3, -0.25) is 4.98 Å². The molecule has 3 N–H and O–H groups in total. The normalized spacial score (nSPS) is 11.1. The first kappa shape index (κ1) is 13.4. The van der Waals surface area contributed by atoms with Gasteiger partial charge in [0.25, 0.3) is 0 Å². The van der Waals surface area contributed by atoms with Crippen molar-refractivity contribution < 1.29 is 9.90 Å². The molecule has 0 unspecified atom stereocenters. The van der Waals surface area contributed by atoms with Gasteiger partial charge in [-0.25, -0.2) is 4.79 Å². The summed E-state index contributed by atoms with van der Waals surface area (Å²) in [6, 6.07) is 1.46. The van der Waals surface area contributed by atoms with Gasteiger partial charge in [0.15, 0.2) is 0 Å². The number of carbonyl (C=O) groups excluding carboxylic acids is 1. The van der Waals surface area contributed by atoms with Crippen molar-refractivity contribution in [3.05, 3.63) is 24.0 Å². The molecule has 1 aromatic rings. The van der Waals surface area contributed by atoms with Crippen molar-refractivity contribution in [1.82, 2.24) is 10.3 Å². The number of aryl methyl sites for hydroxylation is 1. The molecular formula is C12H19N3O2. The summed E-state index contributed by atoms with van der Waals surface area (Å²) >= 11 is 0. The number of nitrogens with zero attached hydrogens (tertiary/aromatic N) is 1. The fraction of sp³-hybridized carbons (Fsp3) is 0.500. The Morgan fingerprint density at radius 3 is 2.82 bits per heavy atom. The third-order valence-corrected chi connectivity index (χ3v) is 2.46. The van der Waals surface area contributed by atoms with Crippen molar-refractivity contribution in [2.24, 2.45) is 0 Å². The average Bonchev–Trinajstić information content (AvgIpc) is 2.20. The summed E-state index contributed by atoms with van der Waals surface area (Å²) in [6.45, 7) is 5.65. The number of urea groups is 1. The lowest BCUT2D eigenvalue weighted by Crippen LogP contribution is -2.46. The second-order valence-corrected chi connectivity index (χ2v) is 4.63. The molecule has 5 heteroatoms. The number of aliphatic hydroxyl groups excluding tert-OH is 1. The van der Waals surface area contributed by atoms with Gasteiger partial charge in [-0.1, -0.05) is 0 Å². The summed E-state index contributed by atoms with van der Waals surface area (Å²) in [4.78, 5) is 15.7. The summed E-state index contributed by atoms with van der Waals surface area (Å²) in [5, 5.41) is 14.4. The van der Waals surface area contributed by atoms with Crippen LogP contribution >= 0.6 is 0 Å². The highest BCUT2D eigenvalue weighted by Crippen LogP contribution is 2.12. The van der Waals surface area contributed by atoms with E-state index in [0.29, 0.717) is 6.42 Å². The van der Waals surface area contributed by atoms with Crippen molar-refractivity contribution in [2.75, 3.05) is 11.9 Å². The fourth-order valence-corrected chi connectivity index (χ4v) is 1.42. The van der Waals surface area contributed by atoms with Crippen LogP contribution < -0.4 is 10.6 Å². The number of hydrogen-bond acceptors (Lipinski definition) is 3. The first-order valence-electron chi connectivity index (χ1n) is 5.55. The van der Waals surface area contributed by atoms with Crippen LogP contribution in [0.2, 0.25) is 0 Å². The number of nitrogens with one attached hydrogen (secondary N) is 2. The molecule has 0 radical (unpaired) electrons. The van der Waals surface area contributed by atoms with Crippen LogP contribution in [-0.4, -0.2) is 28.3 Å². The van der Waals surface area contributed by atoms with E-state index in [2.05, 4.69) is 15.6 Å². The number of pyridine rings is 1. The van der Waals surface area contributed by atoms with Crippen LogP contribution in [-0.2, 0) is 0 Å². The molecule has 2 amide bonds. The molecule has 1 rings (SSSR count). The number of hydrogen-bond donors (Lipinski definition) is 3. The maximum Gasteiger partial charge on any atom is 0.319 e. The van der Waals surface area contributed by atoms with Crippen LogP contribution in [0.25, 0.3) is 0 Å². The molecule has 0 fully saturated rings. The van der Waals surface area contributed by atoms with Gasteiger partial charge >= 0.3 is 6.03 Å². The Labute approximate surface area is 101 Å². The fourth-order valence-electron chi connectivity index (χ4n) is 1.42. The maximum absolute atomic E-state index is 11.7. The molecule has 0 aromatic carbocycles. The van der Waals surface area contributed by atoms with Gasteiger partial charge < -0.3 is 15.7 Å². The Balaban J connectivity index is 2.59. The van der Waals surface area contributed by atoms with Crippen LogP contribution in [0.4, 0.5) is 10.5 Å². The zero-order valence-electron chi connectivity index (χ0n) is 10.4. The minimum atomic E-state index is -0.431. The van der Waals surface area contributed by atoms with Gasteiger partial charge in [0.05, 0.1) is 0 Å². The van der Waals surface area contributed by atoms with Gasteiger partial charge in [0.2, 0.25) is 0 Å². The van der Waals surface area contributed by atoms with Crippen molar-refractivity contribution >= 4 is 11.7 Å².